The molecule has 1 aliphatic rings. The minimum absolute atomic E-state index is 0.196. The van der Waals surface area contributed by atoms with Gasteiger partial charge in [-0.2, -0.15) is 0 Å². The number of alkyl halides is 1. The summed E-state index contributed by atoms with van der Waals surface area (Å²) in [5, 5.41) is 2.90. The van der Waals surface area contributed by atoms with Crippen LogP contribution in [0.25, 0.3) is 0 Å². The van der Waals surface area contributed by atoms with Crippen LogP contribution in [0.2, 0.25) is 0 Å². The van der Waals surface area contributed by atoms with Gasteiger partial charge in [0, 0.05) is 30.1 Å². The van der Waals surface area contributed by atoms with Gasteiger partial charge in [-0.1, -0.05) is 22.6 Å². The number of hydrogen-bond acceptors (Lipinski definition) is 2. The molecule has 1 aliphatic heterocycles. The highest BCUT2D eigenvalue weighted by atomic mass is 127. The van der Waals surface area contributed by atoms with Gasteiger partial charge in [-0.3, -0.25) is 4.79 Å². The zero-order valence-corrected chi connectivity index (χ0v) is 9.17. The van der Waals surface area contributed by atoms with Gasteiger partial charge in [-0.25, -0.2) is 0 Å². The first-order chi connectivity index (χ1) is 5.84. The number of carbonyl (C=O) groups excluding carboxylic acids is 1. The lowest BCUT2D eigenvalue weighted by Crippen LogP contribution is -2.35. The first kappa shape index (κ1) is 10.2. The van der Waals surface area contributed by atoms with Crippen LogP contribution in [0.1, 0.15) is 12.8 Å². The maximum atomic E-state index is 11.4. The minimum Gasteiger partial charge on any atom is -0.381 e. The second kappa shape index (κ2) is 5.75. The van der Waals surface area contributed by atoms with Crippen LogP contribution in [0, 0.1) is 5.92 Å². The van der Waals surface area contributed by atoms with Gasteiger partial charge < -0.3 is 10.1 Å². The molecule has 0 aliphatic carbocycles. The largest absolute Gasteiger partial charge is 0.381 e. The fourth-order valence-corrected chi connectivity index (χ4v) is 1.54. The second-order valence-corrected chi connectivity index (χ2v) is 3.95. The number of rotatable bonds is 3. The highest BCUT2D eigenvalue weighted by molar-refractivity contribution is 14.1. The fourth-order valence-electron chi connectivity index (χ4n) is 1.27. The number of carbonyl (C=O) groups is 1. The molecule has 4 heteroatoms. The van der Waals surface area contributed by atoms with Crippen LogP contribution in [-0.2, 0) is 9.53 Å². The Morgan fingerprint density at radius 2 is 2.17 bits per heavy atom. The van der Waals surface area contributed by atoms with Crippen molar-refractivity contribution in [2.45, 2.75) is 12.8 Å². The minimum atomic E-state index is 0.196. The van der Waals surface area contributed by atoms with E-state index in [9.17, 15) is 4.79 Å². The van der Waals surface area contributed by atoms with Gasteiger partial charge in [-0.15, -0.1) is 0 Å². The standard InChI is InChI=1S/C8H14INO2/c9-3-4-10-8(11)7-1-5-12-6-2-7/h7H,1-6H2,(H,10,11). The molecule has 0 saturated carbocycles. The van der Waals surface area contributed by atoms with E-state index in [1.54, 1.807) is 0 Å². The molecule has 0 bridgehead atoms. The first-order valence-electron chi connectivity index (χ1n) is 4.26. The summed E-state index contributed by atoms with van der Waals surface area (Å²) < 4.78 is 6.15. The molecule has 0 spiro atoms. The molecule has 0 aromatic rings. The van der Waals surface area contributed by atoms with E-state index in [1.807, 2.05) is 0 Å². The zero-order chi connectivity index (χ0) is 8.81. The Labute approximate surface area is 86.4 Å². The molecule has 0 aromatic heterocycles. The monoisotopic (exact) mass is 283 g/mol. The van der Waals surface area contributed by atoms with E-state index in [0.29, 0.717) is 0 Å². The van der Waals surface area contributed by atoms with E-state index in [4.69, 9.17) is 4.74 Å². The fraction of sp³-hybridized carbons (Fsp3) is 0.875. The molecule has 1 heterocycles. The third-order valence-corrected chi connectivity index (χ3v) is 2.53. The third kappa shape index (κ3) is 3.26. The van der Waals surface area contributed by atoms with E-state index in [-0.39, 0.29) is 11.8 Å². The van der Waals surface area contributed by atoms with Gasteiger partial charge in [0.15, 0.2) is 0 Å². The number of halogens is 1. The summed E-state index contributed by atoms with van der Waals surface area (Å²) in [6.07, 6.45) is 1.76. The zero-order valence-electron chi connectivity index (χ0n) is 7.01. The van der Waals surface area contributed by atoms with E-state index < -0.39 is 0 Å². The summed E-state index contributed by atoms with van der Waals surface area (Å²) in [5.41, 5.74) is 0. The molecule has 0 unspecified atom stereocenters. The molecule has 70 valence electrons. The molecule has 1 N–H and O–H groups in total. The Bertz CT molecular complexity index is 146. The topological polar surface area (TPSA) is 38.3 Å². The Morgan fingerprint density at radius 3 is 2.75 bits per heavy atom. The van der Waals surface area contributed by atoms with Gasteiger partial charge in [0.1, 0.15) is 0 Å². The first-order valence-corrected chi connectivity index (χ1v) is 5.78. The predicted molar refractivity (Wildman–Crippen MR) is 55.4 cm³/mol. The Hall–Kier alpha value is 0.160. The average Bonchev–Trinajstić information content (AvgIpc) is 2.15. The lowest BCUT2D eigenvalue weighted by atomic mass is 10.00. The number of hydrogen-bond donors (Lipinski definition) is 1. The maximum absolute atomic E-state index is 11.4. The second-order valence-electron chi connectivity index (χ2n) is 2.87. The van der Waals surface area contributed by atoms with Crippen LogP contribution in [0.5, 0.6) is 0 Å². The molecule has 0 aromatic carbocycles. The molecule has 1 rings (SSSR count). The van der Waals surface area contributed by atoms with Gasteiger partial charge in [-0.05, 0) is 12.8 Å². The van der Waals surface area contributed by atoms with Gasteiger partial charge in [0.2, 0.25) is 5.91 Å². The van der Waals surface area contributed by atoms with Crippen LogP contribution in [0.3, 0.4) is 0 Å². The van der Waals surface area contributed by atoms with Gasteiger partial charge in [0.05, 0.1) is 0 Å². The molecule has 0 radical (unpaired) electrons. The van der Waals surface area contributed by atoms with Crippen molar-refractivity contribution in [2.24, 2.45) is 5.92 Å². The van der Waals surface area contributed by atoms with E-state index in [2.05, 4.69) is 27.9 Å². The van der Waals surface area contributed by atoms with Crippen molar-refractivity contribution in [3.05, 3.63) is 0 Å². The Morgan fingerprint density at radius 1 is 1.50 bits per heavy atom. The smallest absolute Gasteiger partial charge is 0.223 e. The van der Waals surface area contributed by atoms with Gasteiger partial charge in [0.25, 0.3) is 0 Å². The van der Waals surface area contributed by atoms with Crippen LogP contribution in [-0.4, -0.2) is 30.1 Å². The molecular formula is C8H14INO2. The van der Waals surface area contributed by atoms with Crippen molar-refractivity contribution in [1.29, 1.82) is 0 Å². The van der Waals surface area contributed by atoms with Crippen LogP contribution in [0.4, 0.5) is 0 Å². The maximum Gasteiger partial charge on any atom is 0.223 e. The van der Waals surface area contributed by atoms with Crippen molar-refractivity contribution in [3.63, 3.8) is 0 Å². The average molecular weight is 283 g/mol. The summed E-state index contributed by atoms with van der Waals surface area (Å²) in [4.78, 5) is 11.4. The van der Waals surface area contributed by atoms with Crippen LogP contribution >= 0.6 is 22.6 Å². The highest BCUT2D eigenvalue weighted by Gasteiger charge is 2.20. The van der Waals surface area contributed by atoms with Crippen LogP contribution < -0.4 is 5.32 Å². The number of nitrogens with one attached hydrogen (secondary N) is 1. The van der Waals surface area contributed by atoms with Crippen molar-refractivity contribution in [1.82, 2.24) is 5.32 Å². The molecule has 12 heavy (non-hydrogen) atoms. The predicted octanol–water partition coefficient (Wildman–Crippen LogP) is 0.964. The molecule has 3 nitrogen and oxygen atoms in total. The molecule has 1 saturated heterocycles. The SMILES string of the molecule is O=C(NCCI)C1CCOCC1. The van der Waals surface area contributed by atoms with E-state index >= 15 is 0 Å². The Kier molecular flexibility index (Phi) is 4.90. The van der Waals surface area contributed by atoms with Crippen molar-refractivity contribution < 1.29 is 9.53 Å². The lowest BCUT2D eigenvalue weighted by Gasteiger charge is -2.20. The summed E-state index contributed by atoms with van der Waals surface area (Å²) >= 11 is 2.25. The third-order valence-electron chi connectivity index (χ3n) is 1.99. The summed E-state index contributed by atoms with van der Waals surface area (Å²) in [6, 6.07) is 0. The highest BCUT2D eigenvalue weighted by Crippen LogP contribution is 2.14. The number of amides is 1. The van der Waals surface area contributed by atoms with E-state index in [0.717, 1.165) is 37.0 Å². The summed E-state index contributed by atoms with van der Waals surface area (Å²) in [5.74, 6) is 0.400. The van der Waals surface area contributed by atoms with Crippen molar-refractivity contribution in [2.75, 3.05) is 24.2 Å². The van der Waals surface area contributed by atoms with Gasteiger partial charge >= 0.3 is 0 Å². The lowest BCUT2D eigenvalue weighted by molar-refractivity contribution is -0.127. The molecular weight excluding hydrogens is 269 g/mol. The number of ether oxygens (including phenoxy) is 1. The molecule has 1 amide bonds. The molecule has 0 atom stereocenters. The molecule has 1 fully saturated rings. The van der Waals surface area contributed by atoms with E-state index in [1.165, 1.54) is 0 Å². The summed E-state index contributed by atoms with van der Waals surface area (Å²) in [7, 11) is 0. The van der Waals surface area contributed by atoms with Crippen molar-refractivity contribution >= 4 is 28.5 Å². The van der Waals surface area contributed by atoms with Crippen LogP contribution in [0.15, 0.2) is 0 Å². The quantitative estimate of drug-likeness (QED) is 0.619. The summed E-state index contributed by atoms with van der Waals surface area (Å²) in [6.45, 7) is 2.27. The van der Waals surface area contributed by atoms with Crippen molar-refractivity contribution in [3.8, 4) is 0 Å². The Balaban J connectivity index is 2.20. The normalized spacial score (nSPS) is 19.1.